The Morgan fingerprint density at radius 3 is 2.28 bits per heavy atom. The van der Waals surface area contributed by atoms with Gasteiger partial charge in [-0.05, 0) is 31.9 Å². The van der Waals surface area contributed by atoms with Crippen LogP contribution in [0.2, 0.25) is 0 Å². The van der Waals surface area contributed by atoms with Crippen molar-refractivity contribution in [2.24, 2.45) is 5.73 Å². The summed E-state index contributed by atoms with van der Waals surface area (Å²) in [7, 11) is 1.74. The lowest BCUT2D eigenvalue weighted by molar-refractivity contribution is -0.132. The molecule has 1 unspecified atom stereocenters. The Morgan fingerprint density at radius 2 is 1.69 bits per heavy atom. The summed E-state index contributed by atoms with van der Waals surface area (Å²) in [4.78, 5) is 44.8. The van der Waals surface area contributed by atoms with Crippen molar-refractivity contribution in [2.75, 3.05) is 25.5 Å². The van der Waals surface area contributed by atoms with Crippen molar-refractivity contribution in [1.29, 1.82) is 0 Å². The molecule has 4 N–H and O–H groups in total. The highest BCUT2D eigenvalue weighted by Crippen LogP contribution is 2.22. The number of anilines is 1. The van der Waals surface area contributed by atoms with E-state index in [2.05, 4.69) is 15.6 Å². The maximum Gasteiger partial charge on any atom is 0.250 e. The minimum Gasteiger partial charge on any atom is -0.374 e. The third-order valence-corrected chi connectivity index (χ3v) is 5.95. The van der Waals surface area contributed by atoms with Crippen molar-refractivity contribution in [1.82, 2.24) is 19.8 Å². The van der Waals surface area contributed by atoms with Crippen LogP contribution in [0.4, 0.5) is 5.82 Å². The van der Waals surface area contributed by atoms with Crippen LogP contribution in [0.1, 0.15) is 45.4 Å². The summed E-state index contributed by atoms with van der Waals surface area (Å²) in [5.41, 5.74) is 6.46. The summed E-state index contributed by atoms with van der Waals surface area (Å²) in [5, 5.41) is 5.39. The molecule has 0 aliphatic rings. The Hall–Kier alpha value is -4.02. The first-order valence-corrected chi connectivity index (χ1v) is 12.5. The molecule has 1 aromatic heterocycles. The molecule has 39 heavy (non-hydrogen) atoms. The van der Waals surface area contributed by atoms with Gasteiger partial charge in [-0.15, -0.1) is 0 Å². The van der Waals surface area contributed by atoms with Crippen LogP contribution in [0.5, 0.6) is 0 Å². The van der Waals surface area contributed by atoms with Gasteiger partial charge in [0, 0.05) is 19.8 Å². The van der Waals surface area contributed by atoms with Crippen LogP contribution in [-0.4, -0.2) is 64.0 Å². The number of imidazole rings is 1. The predicted molar refractivity (Wildman–Crippen MR) is 152 cm³/mol. The number of hydrogen-bond donors (Lipinski definition) is 3. The molecule has 0 spiro atoms. The SMILES string of the molecule is C.CCN(C)C(=O)C(c1ccccc1)n1cnc(NC(=O)[C@@H](COCc2ccccc2)NC(=O)C(C)(C)N)c1. The van der Waals surface area contributed by atoms with Gasteiger partial charge in [-0.3, -0.25) is 14.4 Å². The number of likely N-dealkylation sites (N-methyl/N-ethyl adjacent to an activating group) is 1. The third-order valence-electron chi connectivity index (χ3n) is 5.95. The van der Waals surface area contributed by atoms with Crippen molar-refractivity contribution in [2.45, 2.75) is 52.4 Å². The first-order chi connectivity index (χ1) is 18.1. The second-order valence-electron chi connectivity index (χ2n) is 9.61. The number of rotatable bonds is 12. The molecule has 3 aromatic rings. The predicted octanol–water partition coefficient (Wildman–Crippen LogP) is 2.96. The summed E-state index contributed by atoms with van der Waals surface area (Å²) in [5.74, 6) is -0.895. The standard InChI is InChI=1S/C28H36N6O4.CH4/c1-5-33(4)26(36)24(21-14-10-7-11-15-21)34-16-23(30-19-34)32-25(35)22(31-27(37)28(2,3)29)18-38-17-20-12-8-6-9-13-20;/h6-16,19,22,24H,5,17-18,29H2,1-4H3,(H,31,37)(H,32,35);1H4/t22-,24?;/m1./s1. The normalized spacial score (nSPS) is 12.5. The largest absolute Gasteiger partial charge is 0.374 e. The van der Waals surface area contributed by atoms with Gasteiger partial charge in [0.2, 0.25) is 11.8 Å². The fraction of sp³-hybridized carbons (Fsp3) is 0.379. The van der Waals surface area contributed by atoms with Crippen molar-refractivity contribution >= 4 is 23.5 Å². The van der Waals surface area contributed by atoms with Gasteiger partial charge in [0.15, 0.2) is 5.82 Å². The van der Waals surface area contributed by atoms with Crippen LogP contribution in [0, 0.1) is 0 Å². The number of nitrogens with zero attached hydrogens (tertiary/aromatic N) is 3. The molecular weight excluding hydrogens is 496 g/mol. The highest BCUT2D eigenvalue weighted by Gasteiger charge is 2.29. The van der Waals surface area contributed by atoms with E-state index in [1.807, 2.05) is 67.6 Å². The first kappa shape index (κ1) is 31.2. The van der Waals surface area contributed by atoms with Crippen LogP contribution in [0.25, 0.3) is 0 Å². The van der Waals surface area contributed by atoms with E-state index < -0.39 is 29.4 Å². The number of carbonyl (C=O) groups excluding carboxylic acids is 3. The first-order valence-electron chi connectivity index (χ1n) is 12.5. The van der Waals surface area contributed by atoms with Crippen LogP contribution >= 0.6 is 0 Å². The number of nitrogens with one attached hydrogen (secondary N) is 2. The van der Waals surface area contributed by atoms with Gasteiger partial charge in [0.1, 0.15) is 12.1 Å². The fourth-order valence-corrected chi connectivity index (χ4v) is 3.59. The quantitative estimate of drug-likeness (QED) is 0.326. The van der Waals surface area contributed by atoms with Gasteiger partial charge >= 0.3 is 0 Å². The van der Waals surface area contributed by atoms with E-state index in [0.29, 0.717) is 6.54 Å². The highest BCUT2D eigenvalue weighted by atomic mass is 16.5. The lowest BCUT2D eigenvalue weighted by Gasteiger charge is -2.24. The van der Waals surface area contributed by atoms with E-state index in [1.165, 1.54) is 6.33 Å². The smallest absolute Gasteiger partial charge is 0.250 e. The average molecular weight is 537 g/mol. The highest BCUT2D eigenvalue weighted by molar-refractivity contribution is 5.98. The molecule has 0 radical (unpaired) electrons. The maximum absolute atomic E-state index is 13.2. The van der Waals surface area contributed by atoms with Crippen LogP contribution in [0.15, 0.2) is 73.2 Å². The van der Waals surface area contributed by atoms with Gasteiger partial charge in [0.25, 0.3) is 5.91 Å². The van der Waals surface area contributed by atoms with Crippen molar-refractivity contribution in [3.05, 3.63) is 84.3 Å². The minimum atomic E-state index is -1.19. The van der Waals surface area contributed by atoms with Gasteiger partial charge in [0.05, 0.1) is 25.1 Å². The summed E-state index contributed by atoms with van der Waals surface area (Å²) in [6.45, 7) is 5.75. The Bertz CT molecular complexity index is 1210. The van der Waals surface area contributed by atoms with E-state index in [9.17, 15) is 14.4 Å². The van der Waals surface area contributed by atoms with E-state index >= 15 is 0 Å². The molecule has 0 bridgehead atoms. The zero-order valence-corrected chi connectivity index (χ0v) is 22.3. The number of benzene rings is 2. The second-order valence-corrected chi connectivity index (χ2v) is 9.61. The van der Waals surface area contributed by atoms with Gasteiger partial charge in [-0.1, -0.05) is 68.1 Å². The number of ether oxygens (including phenoxy) is 1. The molecule has 10 heteroatoms. The second kappa shape index (κ2) is 14.2. The summed E-state index contributed by atoms with van der Waals surface area (Å²) in [6, 6.07) is 17.2. The van der Waals surface area contributed by atoms with Crippen LogP contribution < -0.4 is 16.4 Å². The Labute approximate surface area is 230 Å². The Balaban J connectivity index is 0.00000533. The topological polar surface area (TPSA) is 132 Å². The molecular formula is C29H40N6O4. The van der Waals surface area contributed by atoms with Crippen molar-refractivity contribution < 1.29 is 19.1 Å². The molecule has 0 saturated heterocycles. The molecule has 2 aromatic carbocycles. The third kappa shape index (κ3) is 8.76. The molecule has 0 saturated carbocycles. The summed E-state index contributed by atoms with van der Waals surface area (Å²) in [6.07, 6.45) is 3.09. The van der Waals surface area contributed by atoms with Gasteiger partial charge in [-0.25, -0.2) is 4.98 Å². The summed E-state index contributed by atoms with van der Waals surface area (Å²) < 4.78 is 7.39. The molecule has 10 nitrogen and oxygen atoms in total. The number of carbonyl (C=O) groups is 3. The molecule has 210 valence electrons. The molecule has 0 aliphatic carbocycles. The number of amides is 3. The molecule has 3 amide bonds. The lowest BCUT2D eigenvalue weighted by Crippen LogP contribution is -2.56. The Morgan fingerprint density at radius 1 is 1.08 bits per heavy atom. The van der Waals surface area contributed by atoms with E-state index in [-0.39, 0.29) is 32.4 Å². The van der Waals surface area contributed by atoms with Crippen molar-refractivity contribution in [3.8, 4) is 0 Å². The zero-order valence-electron chi connectivity index (χ0n) is 22.3. The summed E-state index contributed by atoms with van der Waals surface area (Å²) >= 11 is 0. The maximum atomic E-state index is 13.2. The molecule has 1 heterocycles. The Kier molecular flexibility index (Phi) is 11.4. The number of nitrogens with two attached hydrogens (primary N) is 1. The van der Waals surface area contributed by atoms with Gasteiger partial charge in [-0.2, -0.15) is 0 Å². The molecule has 0 aliphatic heterocycles. The average Bonchev–Trinajstić information content (AvgIpc) is 3.35. The number of hydrogen-bond acceptors (Lipinski definition) is 6. The molecule has 0 fully saturated rings. The van der Waals surface area contributed by atoms with E-state index in [4.69, 9.17) is 10.5 Å². The molecule has 2 atom stereocenters. The minimum absolute atomic E-state index is 0. The van der Waals surface area contributed by atoms with Crippen LogP contribution in [0.3, 0.4) is 0 Å². The van der Waals surface area contributed by atoms with Crippen molar-refractivity contribution in [3.63, 3.8) is 0 Å². The monoisotopic (exact) mass is 536 g/mol. The lowest BCUT2D eigenvalue weighted by atomic mass is 10.1. The van der Waals surface area contributed by atoms with Gasteiger partial charge < -0.3 is 30.6 Å². The fourth-order valence-electron chi connectivity index (χ4n) is 3.59. The van der Waals surface area contributed by atoms with Crippen LogP contribution in [-0.2, 0) is 25.7 Å². The zero-order chi connectivity index (χ0) is 27.7. The van der Waals surface area contributed by atoms with E-state index in [1.54, 1.807) is 36.6 Å². The van der Waals surface area contributed by atoms with E-state index in [0.717, 1.165) is 11.1 Å². The molecule has 3 rings (SSSR count). The number of aromatic nitrogens is 2.